The maximum absolute atomic E-state index is 9.32. The number of benzene rings is 1. The number of methoxy groups -OCH3 is 1. The van der Waals surface area contributed by atoms with Crippen molar-refractivity contribution in [1.29, 1.82) is 0 Å². The molecular weight excluding hydrogens is 182 g/mol. The van der Waals surface area contributed by atoms with Gasteiger partial charge in [0.05, 0.1) is 19.3 Å². The van der Waals surface area contributed by atoms with E-state index in [9.17, 15) is 10.2 Å². The summed E-state index contributed by atoms with van der Waals surface area (Å²) >= 11 is 0. The van der Waals surface area contributed by atoms with Crippen molar-refractivity contribution < 1.29 is 14.9 Å². The molecule has 0 fully saturated rings. The van der Waals surface area contributed by atoms with Crippen molar-refractivity contribution >= 4 is 0 Å². The van der Waals surface area contributed by atoms with Crippen LogP contribution in [-0.2, 0) is 0 Å². The van der Waals surface area contributed by atoms with Crippen molar-refractivity contribution in [1.82, 2.24) is 0 Å². The number of hydrogen-bond acceptors (Lipinski definition) is 4. The summed E-state index contributed by atoms with van der Waals surface area (Å²) in [6.45, 7) is 1.61. The Morgan fingerprint density at radius 1 is 1.43 bits per heavy atom. The van der Waals surface area contributed by atoms with Crippen LogP contribution in [0.15, 0.2) is 18.2 Å². The van der Waals surface area contributed by atoms with E-state index in [1.165, 1.54) is 19.2 Å². The van der Waals surface area contributed by atoms with Crippen molar-refractivity contribution in [2.24, 2.45) is 5.73 Å². The summed E-state index contributed by atoms with van der Waals surface area (Å²) in [4.78, 5) is 0. The second-order valence-electron chi connectivity index (χ2n) is 3.19. The number of aromatic hydroxyl groups is 1. The Kier molecular flexibility index (Phi) is 3.33. The molecule has 0 aromatic heterocycles. The average Bonchev–Trinajstić information content (AvgIpc) is 2.16. The Hall–Kier alpha value is -1.26. The van der Waals surface area contributed by atoms with Crippen LogP contribution in [0.2, 0.25) is 0 Å². The minimum Gasteiger partial charge on any atom is -0.508 e. The van der Waals surface area contributed by atoms with Gasteiger partial charge in [0, 0.05) is 11.6 Å². The first-order valence-electron chi connectivity index (χ1n) is 4.36. The molecule has 0 amide bonds. The molecule has 14 heavy (non-hydrogen) atoms. The van der Waals surface area contributed by atoms with Crippen LogP contribution in [0.25, 0.3) is 0 Å². The molecule has 0 aliphatic carbocycles. The Morgan fingerprint density at radius 3 is 2.57 bits per heavy atom. The van der Waals surface area contributed by atoms with E-state index in [4.69, 9.17) is 10.5 Å². The van der Waals surface area contributed by atoms with Crippen molar-refractivity contribution in [3.8, 4) is 11.5 Å². The van der Waals surface area contributed by atoms with Crippen LogP contribution < -0.4 is 10.5 Å². The molecule has 0 radical (unpaired) electrons. The number of phenols is 1. The molecule has 78 valence electrons. The summed E-state index contributed by atoms with van der Waals surface area (Å²) in [5, 5.41) is 18.5. The lowest BCUT2D eigenvalue weighted by Crippen LogP contribution is -2.23. The molecule has 1 aromatic rings. The van der Waals surface area contributed by atoms with Gasteiger partial charge < -0.3 is 20.7 Å². The standard InChI is InChI=1S/C10H15NO3/c1-6(12)10(11)8-4-3-7(13)5-9(8)14-2/h3-6,10,12-13H,11H2,1-2H3/t6-,10-/m0/s1. The lowest BCUT2D eigenvalue weighted by molar-refractivity contribution is 0.162. The van der Waals surface area contributed by atoms with Gasteiger partial charge in [-0.05, 0) is 19.1 Å². The number of rotatable bonds is 3. The fourth-order valence-electron chi connectivity index (χ4n) is 1.24. The zero-order valence-corrected chi connectivity index (χ0v) is 8.27. The Morgan fingerprint density at radius 2 is 2.07 bits per heavy atom. The molecule has 0 heterocycles. The Balaban J connectivity index is 3.07. The second-order valence-corrected chi connectivity index (χ2v) is 3.19. The van der Waals surface area contributed by atoms with Gasteiger partial charge in [-0.1, -0.05) is 0 Å². The zero-order valence-electron chi connectivity index (χ0n) is 8.27. The van der Waals surface area contributed by atoms with Gasteiger partial charge in [0.2, 0.25) is 0 Å². The van der Waals surface area contributed by atoms with E-state index < -0.39 is 12.1 Å². The van der Waals surface area contributed by atoms with E-state index in [1.807, 2.05) is 0 Å². The van der Waals surface area contributed by atoms with Gasteiger partial charge in [0.15, 0.2) is 0 Å². The van der Waals surface area contributed by atoms with E-state index in [2.05, 4.69) is 0 Å². The second kappa shape index (κ2) is 4.30. The summed E-state index contributed by atoms with van der Waals surface area (Å²) < 4.78 is 5.05. The maximum Gasteiger partial charge on any atom is 0.127 e. The van der Waals surface area contributed by atoms with Gasteiger partial charge in [0.25, 0.3) is 0 Å². The third kappa shape index (κ3) is 2.16. The van der Waals surface area contributed by atoms with Crippen molar-refractivity contribution in [2.75, 3.05) is 7.11 Å². The molecule has 0 saturated heterocycles. The highest BCUT2D eigenvalue weighted by Gasteiger charge is 2.16. The number of aliphatic hydroxyl groups excluding tert-OH is 1. The number of hydrogen-bond donors (Lipinski definition) is 3. The van der Waals surface area contributed by atoms with E-state index in [-0.39, 0.29) is 5.75 Å². The molecule has 0 saturated carbocycles. The van der Waals surface area contributed by atoms with Crippen LogP contribution in [0.4, 0.5) is 0 Å². The molecule has 0 spiro atoms. The molecule has 4 N–H and O–H groups in total. The lowest BCUT2D eigenvalue weighted by atomic mass is 10.0. The van der Waals surface area contributed by atoms with E-state index in [0.717, 1.165) is 0 Å². The fourth-order valence-corrected chi connectivity index (χ4v) is 1.24. The quantitative estimate of drug-likeness (QED) is 0.669. The normalized spacial score (nSPS) is 14.9. The van der Waals surface area contributed by atoms with Crippen molar-refractivity contribution in [3.05, 3.63) is 23.8 Å². The van der Waals surface area contributed by atoms with Gasteiger partial charge in [0.1, 0.15) is 11.5 Å². The molecule has 0 aliphatic heterocycles. The fraction of sp³-hybridized carbons (Fsp3) is 0.400. The molecule has 4 nitrogen and oxygen atoms in total. The smallest absolute Gasteiger partial charge is 0.127 e. The number of aliphatic hydroxyl groups is 1. The molecule has 4 heteroatoms. The molecule has 0 aliphatic rings. The molecule has 0 unspecified atom stereocenters. The van der Waals surface area contributed by atoms with E-state index in [1.54, 1.807) is 13.0 Å². The highest BCUT2D eigenvalue weighted by atomic mass is 16.5. The minimum absolute atomic E-state index is 0.114. The average molecular weight is 197 g/mol. The highest BCUT2D eigenvalue weighted by molar-refractivity contribution is 5.42. The summed E-state index contributed by atoms with van der Waals surface area (Å²) in [5.41, 5.74) is 6.43. The predicted octanol–water partition coefficient (Wildman–Crippen LogP) is 0.781. The van der Waals surface area contributed by atoms with Crippen LogP contribution in [-0.4, -0.2) is 23.4 Å². The van der Waals surface area contributed by atoms with Gasteiger partial charge in [-0.15, -0.1) is 0 Å². The van der Waals surface area contributed by atoms with Crippen LogP contribution in [0.5, 0.6) is 11.5 Å². The van der Waals surface area contributed by atoms with Gasteiger partial charge in [-0.25, -0.2) is 0 Å². The number of ether oxygens (including phenoxy) is 1. The Labute approximate surface area is 82.9 Å². The first-order valence-corrected chi connectivity index (χ1v) is 4.36. The van der Waals surface area contributed by atoms with Gasteiger partial charge >= 0.3 is 0 Å². The monoisotopic (exact) mass is 197 g/mol. The van der Waals surface area contributed by atoms with Crippen LogP contribution in [0.3, 0.4) is 0 Å². The lowest BCUT2D eigenvalue weighted by Gasteiger charge is -2.18. The van der Waals surface area contributed by atoms with Crippen LogP contribution in [0.1, 0.15) is 18.5 Å². The van der Waals surface area contributed by atoms with E-state index in [0.29, 0.717) is 11.3 Å². The molecule has 1 aromatic carbocycles. The minimum atomic E-state index is -0.659. The third-order valence-electron chi connectivity index (χ3n) is 2.10. The summed E-state index contributed by atoms with van der Waals surface area (Å²) in [6, 6.07) is 4.12. The van der Waals surface area contributed by atoms with Gasteiger partial charge in [-0.2, -0.15) is 0 Å². The topological polar surface area (TPSA) is 75.7 Å². The number of phenolic OH excluding ortho intramolecular Hbond substituents is 1. The van der Waals surface area contributed by atoms with Crippen LogP contribution >= 0.6 is 0 Å². The largest absolute Gasteiger partial charge is 0.508 e. The first kappa shape index (κ1) is 10.8. The molecule has 1 rings (SSSR count). The first-order chi connectivity index (χ1) is 6.56. The van der Waals surface area contributed by atoms with Crippen molar-refractivity contribution in [2.45, 2.75) is 19.1 Å². The summed E-state index contributed by atoms with van der Waals surface area (Å²) in [5.74, 6) is 0.599. The van der Waals surface area contributed by atoms with E-state index >= 15 is 0 Å². The van der Waals surface area contributed by atoms with Gasteiger partial charge in [-0.3, -0.25) is 0 Å². The number of nitrogens with two attached hydrogens (primary N) is 1. The molecule has 2 atom stereocenters. The predicted molar refractivity (Wildman–Crippen MR) is 53.3 cm³/mol. The third-order valence-corrected chi connectivity index (χ3v) is 2.10. The zero-order chi connectivity index (χ0) is 10.7. The highest BCUT2D eigenvalue weighted by Crippen LogP contribution is 2.29. The maximum atomic E-state index is 9.32. The SMILES string of the molecule is COc1cc(O)ccc1[C@@H](N)[C@H](C)O. The van der Waals surface area contributed by atoms with Crippen molar-refractivity contribution in [3.63, 3.8) is 0 Å². The van der Waals surface area contributed by atoms with Crippen LogP contribution in [0, 0.1) is 0 Å². The Bertz CT molecular complexity index is 312. The molecule has 0 bridgehead atoms. The molecular formula is C10H15NO3. The summed E-state index contributed by atoms with van der Waals surface area (Å²) in [7, 11) is 1.49. The summed E-state index contributed by atoms with van der Waals surface area (Å²) in [6.07, 6.45) is -0.659.